The van der Waals surface area contributed by atoms with Crippen molar-refractivity contribution in [3.8, 4) is 17.2 Å². The minimum Gasteiger partial charge on any atom is -0.496 e. The normalized spacial score (nSPS) is 24.0. The van der Waals surface area contributed by atoms with Crippen LogP contribution in [0.4, 0.5) is 0 Å². The van der Waals surface area contributed by atoms with Gasteiger partial charge < -0.3 is 13.9 Å². The number of nitrogens with zero attached hydrogens (tertiary/aromatic N) is 5. The molecule has 32 heavy (non-hydrogen) atoms. The second-order valence-corrected chi connectivity index (χ2v) is 10.4. The molecule has 2 aromatic rings. The van der Waals surface area contributed by atoms with Crippen molar-refractivity contribution in [1.29, 1.82) is 0 Å². The molecule has 12 heteroatoms. The van der Waals surface area contributed by atoms with Gasteiger partial charge in [-0.25, -0.2) is 4.68 Å². The lowest BCUT2D eigenvalue weighted by molar-refractivity contribution is -0.0458. The minimum absolute atomic E-state index is 0.110. The number of hydrogen-bond donors (Lipinski definition) is 0. The minimum atomic E-state index is -3.51. The first kappa shape index (κ1) is 23.3. The molecule has 0 aliphatic carbocycles. The fourth-order valence-electron chi connectivity index (χ4n) is 4.10. The number of hydrogen-bond acceptors (Lipinski definition) is 8. The second kappa shape index (κ2) is 9.57. The highest BCUT2D eigenvalue weighted by Crippen LogP contribution is 2.28. The van der Waals surface area contributed by atoms with Crippen molar-refractivity contribution in [3.63, 3.8) is 0 Å². The maximum atomic E-state index is 13.1. The monoisotopic (exact) mass is 483 g/mol. The Balaban J connectivity index is 1.39. The van der Waals surface area contributed by atoms with Gasteiger partial charge >= 0.3 is 0 Å². The molecule has 10 nitrogen and oxygen atoms in total. The molecule has 0 spiro atoms. The summed E-state index contributed by atoms with van der Waals surface area (Å²) in [5.41, 5.74) is 0.727. The molecule has 0 N–H and O–H groups in total. The summed E-state index contributed by atoms with van der Waals surface area (Å²) in [6.45, 7) is 6.96. The predicted octanol–water partition coefficient (Wildman–Crippen LogP) is 1.81. The fraction of sp³-hybridized carbons (Fsp3) is 0.600. The van der Waals surface area contributed by atoms with Crippen LogP contribution in [-0.2, 0) is 21.6 Å². The molecule has 176 valence electrons. The van der Waals surface area contributed by atoms with Gasteiger partial charge in [-0.05, 0) is 38.2 Å². The number of ether oxygens (including phenoxy) is 2. The third kappa shape index (κ3) is 4.90. The number of para-hydroxylation sites is 1. The highest BCUT2D eigenvalue weighted by molar-refractivity contribution is 7.86. The van der Waals surface area contributed by atoms with Gasteiger partial charge in [0.25, 0.3) is 20.9 Å². The zero-order chi connectivity index (χ0) is 22.9. The zero-order valence-corrected chi connectivity index (χ0v) is 20.1. The molecule has 0 bridgehead atoms. The van der Waals surface area contributed by atoms with E-state index < -0.39 is 10.2 Å². The van der Waals surface area contributed by atoms with E-state index in [0.29, 0.717) is 57.6 Å². The molecule has 1 aromatic heterocycles. The van der Waals surface area contributed by atoms with Crippen LogP contribution in [0.1, 0.15) is 13.8 Å². The van der Waals surface area contributed by atoms with E-state index in [0.717, 1.165) is 5.56 Å². The summed E-state index contributed by atoms with van der Waals surface area (Å²) in [6.07, 6.45) is -0.220. The van der Waals surface area contributed by atoms with Crippen LogP contribution in [0.2, 0.25) is 0 Å². The number of rotatable bonds is 6. The number of aromatic nitrogens is 2. The molecule has 2 saturated heterocycles. The van der Waals surface area contributed by atoms with Crippen LogP contribution >= 0.6 is 12.2 Å². The van der Waals surface area contributed by atoms with Gasteiger partial charge in [-0.2, -0.15) is 17.0 Å². The number of benzene rings is 1. The molecule has 2 aliphatic heterocycles. The lowest BCUT2D eigenvalue weighted by Gasteiger charge is -2.40. The molecule has 4 rings (SSSR count). The largest absolute Gasteiger partial charge is 0.496 e. The van der Waals surface area contributed by atoms with E-state index in [9.17, 15) is 8.42 Å². The van der Waals surface area contributed by atoms with E-state index in [1.54, 1.807) is 16.1 Å². The summed E-state index contributed by atoms with van der Waals surface area (Å²) in [4.78, 5) is 2.37. The first-order valence-corrected chi connectivity index (χ1v) is 12.4. The van der Waals surface area contributed by atoms with Gasteiger partial charge in [0, 0.05) is 39.3 Å². The molecular formula is C20H29N5O5S2. The van der Waals surface area contributed by atoms with E-state index in [2.05, 4.69) is 10.00 Å². The Bertz CT molecular complexity index is 1080. The lowest BCUT2D eigenvalue weighted by atomic mass is 10.2. The van der Waals surface area contributed by atoms with Crippen LogP contribution in [-0.4, -0.2) is 90.3 Å². The number of methoxy groups -OCH3 is 1. The SMILES string of the molecule is COc1ccccc1-c1nn(CN2CCN(S(=O)(=O)N3CC(C)OC(C)C3)CC2)c(=S)o1. The average molecular weight is 484 g/mol. The summed E-state index contributed by atoms with van der Waals surface area (Å²) < 4.78 is 47.6. The molecular weight excluding hydrogens is 454 g/mol. The maximum absolute atomic E-state index is 13.1. The van der Waals surface area contributed by atoms with Gasteiger partial charge in [0.2, 0.25) is 0 Å². The Morgan fingerprint density at radius 3 is 2.41 bits per heavy atom. The Morgan fingerprint density at radius 2 is 1.75 bits per heavy atom. The first-order chi connectivity index (χ1) is 15.3. The van der Waals surface area contributed by atoms with Crippen molar-refractivity contribution in [1.82, 2.24) is 23.3 Å². The van der Waals surface area contributed by atoms with E-state index in [4.69, 9.17) is 26.1 Å². The maximum Gasteiger partial charge on any atom is 0.288 e. The van der Waals surface area contributed by atoms with Crippen molar-refractivity contribution in [3.05, 3.63) is 29.1 Å². The molecule has 2 atom stereocenters. The van der Waals surface area contributed by atoms with Crippen LogP contribution in [0.15, 0.2) is 28.7 Å². The van der Waals surface area contributed by atoms with Crippen LogP contribution in [0.5, 0.6) is 5.75 Å². The van der Waals surface area contributed by atoms with Crippen molar-refractivity contribution in [2.75, 3.05) is 46.4 Å². The van der Waals surface area contributed by atoms with Gasteiger partial charge in [0.15, 0.2) is 0 Å². The highest BCUT2D eigenvalue weighted by Gasteiger charge is 2.36. The van der Waals surface area contributed by atoms with Gasteiger partial charge in [-0.3, -0.25) is 4.90 Å². The van der Waals surface area contributed by atoms with Crippen molar-refractivity contribution < 1.29 is 22.3 Å². The average Bonchev–Trinajstić information content (AvgIpc) is 3.13. The second-order valence-electron chi connectivity index (χ2n) is 8.11. The van der Waals surface area contributed by atoms with Gasteiger partial charge in [0.05, 0.1) is 31.5 Å². The Labute approximate surface area is 193 Å². The molecule has 2 unspecified atom stereocenters. The van der Waals surface area contributed by atoms with Crippen LogP contribution in [0.25, 0.3) is 11.5 Å². The summed E-state index contributed by atoms with van der Waals surface area (Å²) >= 11 is 5.35. The van der Waals surface area contributed by atoms with E-state index in [-0.39, 0.29) is 17.0 Å². The summed E-state index contributed by atoms with van der Waals surface area (Å²) in [6, 6.07) is 7.45. The molecule has 3 heterocycles. The van der Waals surface area contributed by atoms with E-state index >= 15 is 0 Å². The smallest absolute Gasteiger partial charge is 0.288 e. The van der Waals surface area contributed by atoms with E-state index in [1.165, 1.54) is 4.31 Å². The standard InChI is InChI=1S/C20H29N5O5S2/c1-15-12-24(13-16(2)29-15)32(26,27)23-10-8-22(9-11-23)14-25-20(31)30-19(21-25)17-6-4-5-7-18(17)28-3/h4-7,15-16H,8-14H2,1-3H3. The molecule has 0 amide bonds. The Morgan fingerprint density at radius 1 is 1.09 bits per heavy atom. The predicted molar refractivity (Wildman–Crippen MR) is 121 cm³/mol. The molecule has 1 aromatic carbocycles. The third-order valence-electron chi connectivity index (χ3n) is 5.65. The molecule has 2 aliphatic rings. The van der Waals surface area contributed by atoms with Gasteiger partial charge in [0.1, 0.15) is 5.75 Å². The number of morpholine rings is 1. The summed E-state index contributed by atoms with van der Waals surface area (Å²) in [7, 11) is -1.92. The van der Waals surface area contributed by atoms with Crippen LogP contribution < -0.4 is 4.74 Å². The first-order valence-electron chi connectivity index (χ1n) is 10.6. The van der Waals surface area contributed by atoms with Crippen LogP contribution in [0, 0.1) is 4.84 Å². The van der Waals surface area contributed by atoms with Gasteiger partial charge in [-0.1, -0.05) is 12.1 Å². The third-order valence-corrected chi connectivity index (χ3v) is 7.91. The fourth-order valence-corrected chi connectivity index (χ4v) is 6.02. The van der Waals surface area contributed by atoms with E-state index in [1.807, 2.05) is 38.1 Å². The van der Waals surface area contributed by atoms with Crippen LogP contribution in [0.3, 0.4) is 0 Å². The summed E-state index contributed by atoms with van der Waals surface area (Å²) in [5, 5.41) is 4.51. The van der Waals surface area contributed by atoms with Gasteiger partial charge in [-0.15, -0.1) is 5.10 Å². The topological polar surface area (TPSA) is 93.3 Å². The van der Waals surface area contributed by atoms with Crippen molar-refractivity contribution in [2.45, 2.75) is 32.7 Å². The molecule has 0 radical (unpaired) electrons. The number of piperazine rings is 1. The van der Waals surface area contributed by atoms with Crippen molar-refractivity contribution in [2.24, 2.45) is 0 Å². The Hall–Kier alpha value is -1.83. The summed E-state index contributed by atoms with van der Waals surface area (Å²) in [5.74, 6) is 1.05. The zero-order valence-electron chi connectivity index (χ0n) is 18.5. The highest BCUT2D eigenvalue weighted by atomic mass is 32.2. The molecule has 0 saturated carbocycles. The lowest BCUT2D eigenvalue weighted by Crippen LogP contribution is -2.57. The van der Waals surface area contributed by atoms with Crippen molar-refractivity contribution >= 4 is 22.4 Å². The molecule has 2 fully saturated rings. The quantitative estimate of drug-likeness (QED) is 0.575. The Kier molecular flexibility index (Phi) is 6.98.